The smallest absolute Gasteiger partial charge is 0.291 e. The van der Waals surface area contributed by atoms with Gasteiger partial charge in [0.05, 0.1) is 27.9 Å². The number of benzene rings is 1. The highest BCUT2D eigenvalue weighted by atomic mass is 79.9. The zero-order valence-corrected chi connectivity index (χ0v) is 16.2. The lowest BCUT2D eigenvalue weighted by Crippen LogP contribution is -2.12. The zero-order valence-electron chi connectivity index (χ0n) is 13.8. The maximum Gasteiger partial charge on any atom is 0.291 e. The highest BCUT2D eigenvalue weighted by Crippen LogP contribution is 2.18. The van der Waals surface area contributed by atoms with Gasteiger partial charge >= 0.3 is 0 Å². The Bertz CT molecular complexity index is 1040. The van der Waals surface area contributed by atoms with Gasteiger partial charge < -0.3 is 9.73 Å². The molecule has 136 valence electrons. The van der Waals surface area contributed by atoms with Crippen molar-refractivity contribution in [3.05, 3.63) is 64.8 Å². The van der Waals surface area contributed by atoms with Crippen LogP contribution in [0.3, 0.4) is 0 Å². The number of sulfone groups is 1. The molecule has 7 nitrogen and oxygen atoms in total. The quantitative estimate of drug-likeness (QED) is 0.637. The Morgan fingerprint density at radius 1 is 1.31 bits per heavy atom. The van der Waals surface area contributed by atoms with E-state index >= 15 is 0 Å². The molecule has 2 aromatic heterocycles. The van der Waals surface area contributed by atoms with E-state index in [1.165, 1.54) is 12.1 Å². The second kappa shape index (κ2) is 7.46. The van der Waals surface area contributed by atoms with E-state index in [1.54, 1.807) is 48.3 Å². The fourth-order valence-electron chi connectivity index (χ4n) is 2.30. The van der Waals surface area contributed by atoms with Crippen molar-refractivity contribution < 1.29 is 17.6 Å². The Labute approximate surface area is 159 Å². The lowest BCUT2D eigenvalue weighted by atomic mass is 10.3. The first-order chi connectivity index (χ1) is 12.4. The second-order valence-electron chi connectivity index (χ2n) is 5.51. The van der Waals surface area contributed by atoms with E-state index in [-0.39, 0.29) is 16.4 Å². The van der Waals surface area contributed by atoms with Gasteiger partial charge in [0, 0.05) is 11.9 Å². The number of furan rings is 1. The van der Waals surface area contributed by atoms with Crippen molar-refractivity contribution >= 4 is 37.4 Å². The van der Waals surface area contributed by atoms with Gasteiger partial charge in [-0.05, 0) is 46.3 Å². The molecule has 0 saturated heterocycles. The lowest BCUT2D eigenvalue weighted by Gasteiger charge is -2.06. The molecule has 0 bridgehead atoms. The monoisotopic (exact) mass is 437 g/mol. The average molecular weight is 438 g/mol. The van der Waals surface area contributed by atoms with Gasteiger partial charge in [-0.25, -0.2) is 8.42 Å². The SMILES string of the molecule is CCS(=O)(=O)c1cccc(NC(=O)c2ccc(Cn3cc(Br)cn3)o2)c1. The van der Waals surface area contributed by atoms with Crippen molar-refractivity contribution in [1.82, 2.24) is 9.78 Å². The summed E-state index contributed by atoms with van der Waals surface area (Å²) in [6.07, 6.45) is 3.45. The summed E-state index contributed by atoms with van der Waals surface area (Å²) in [5.41, 5.74) is 0.387. The molecule has 3 rings (SSSR count). The van der Waals surface area contributed by atoms with Crippen LogP contribution in [0.25, 0.3) is 0 Å². The minimum atomic E-state index is -3.34. The first kappa shape index (κ1) is 18.4. The molecule has 1 aromatic carbocycles. The van der Waals surface area contributed by atoms with Gasteiger partial charge in [-0.2, -0.15) is 5.10 Å². The third kappa shape index (κ3) is 4.23. The molecule has 1 amide bonds. The van der Waals surface area contributed by atoms with E-state index in [2.05, 4.69) is 26.3 Å². The number of anilines is 1. The number of hydrogen-bond acceptors (Lipinski definition) is 5. The van der Waals surface area contributed by atoms with Crippen molar-refractivity contribution in [2.24, 2.45) is 0 Å². The summed E-state index contributed by atoms with van der Waals surface area (Å²) in [5, 5.41) is 6.78. The molecule has 0 spiro atoms. The normalized spacial score (nSPS) is 11.5. The number of carbonyl (C=O) groups is 1. The first-order valence-corrected chi connectivity index (χ1v) is 10.2. The average Bonchev–Trinajstić information content (AvgIpc) is 3.24. The maximum atomic E-state index is 12.3. The van der Waals surface area contributed by atoms with Crippen LogP contribution in [0.5, 0.6) is 0 Å². The molecular weight excluding hydrogens is 422 g/mol. The predicted molar refractivity (Wildman–Crippen MR) is 99.9 cm³/mol. The van der Waals surface area contributed by atoms with Gasteiger partial charge in [-0.3, -0.25) is 9.48 Å². The summed E-state index contributed by atoms with van der Waals surface area (Å²) in [4.78, 5) is 12.5. The number of carbonyl (C=O) groups excluding carboxylic acids is 1. The van der Waals surface area contributed by atoms with Gasteiger partial charge in [0.2, 0.25) is 0 Å². The largest absolute Gasteiger partial charge is 0.454 e. The number of aromatic nitrogens is 2. The molecule has 0 aliphatic carbocycles. The van der Waals surface area contributed by atoms with Gasteiger partial charge in [0.15, 0.2) is 15.6 Å². The Morgan fingerprint density at radius 3 is 2.81 bits per heavy atom. The number of rotatable bonds is 6. The molecule has 1 N–H and O–H groups in total. The number of nitrogens with one attached hydrogen (secondary N) is 1. The molecule has 26 heavy (non-hydrogen) atoms. The standard InChI is InChI=1S/C17H16BrN3O4S/c1-2-26(23,24)15-5-3-4-13(8-15)20-17(22)16-7-6-14(25-16)11-21-10-12(18)9-19-21/h3-10H,2,11H2,1H3,(H,20,22). The molecule has 0 aliphatic heterocycles. The molecule has 0 atom stereocenters. The summed E-state index contributed by atoms with van der Waals surface area (Å²) in [7, 11) is -3.34. The van der Waals surface area contributed by atoms with Crippen molar-refractivity contribution in [2.45, 2.75) is 18.4 Å². The Kier molecular flexibility index (Phi) is 5.28. The van der Waals surface area contributed by atoms with E-state index in [0.29, 0.717) is 18.0 Å². The van der Waals surface area contributed by atoms with E-state index in [1.807, 2.05) is 0 Å². The molecule has 0 saturated carbocycles. The molecule has 9 heteroatoms. The van der Waals surface area contributed by atoms with Crippen LogP contribution in [0.15, 0.2) is 62.6 Å². The van der Waals surface area contributed by atoms with Crippen LogP contribution in [0, 0.1) is 0 Å². The number of nitrogens with zero attached hydrogens (tertiary/aromatic N) is 2. The van der Waals surface area contributed by atoms with Gasteiger partial charge in [-0.15, -0.1) is 0 Å². The summed E-state index contributed by atoms with van der Waals surface area (Å²) in [5.74, 6) is 0.252. The predicted octanol–water partition coefficient (Wildman–Crippen LogP) is 3.33. The van der Waals surface area contributed by atoms with Crippen LogP contribution in [-0.2, 0) is 16.4 Å². The van der Waals surface area contributed by atoms with Crippen LogP contribution in [0.2, 0.25) is 0 Å². The van der Waals surface area contributed by atoms with Gasteiger partial charge in [0.1, 0.15) is 5.76 Å². The third-order valence-electron chi connectivity index (χ3n) is 3.64. The third-order valence-corrected chi connectivity index (χ3v) is 5.78. The van der Waals surface area contributed by atoms with Crippen LogP contribution in [0.1, 0.15) is 23.2 Å². The topological polar surface area (TPSA) is 94.2 Å². The zero-order chi connectivity index (χ0) is 18.7. The summed E-state index contributed by atoms with van der Waals surface area (Å²) in [6.45, 7) is 1.96. The lowest BCUT2D eigenvalue weighted by molar-refractivity contribution is 0.0994. The van der Waals surface area contributed by atoms with E-state index < -0.39 is 15.7 Å². The van der Waals surface area contributed by atoms with Gasteiger partial charge in [-0.1, -0.05) is 13.0 Å². The molecule has 2 heterocycles. The van der Waals surface area contributed by atoms with Crippen molar-refractivity contribution in [2.75, 3.05) is 11.1 Å². The molecule has 0 unspecified atom stereocenters. The Morgan fingerprint density at radius 2 is 2.12 bits per heavy atom. The fraction of sp³-hybridized carbons (Fsp3) is 0.176. The molecule has 0 aliphatic rings. The minimum Gasteiger partial charge on any atom is -0.454 e. The molecule has 0 fully saturated rings. The summed E-state index contributed by atoms with van der Waals surface area (Å²) < 4.78 is 32.0. The van der Waals surface area contributed by atoms with E-state index in [0.717, 1.165) is 4.47 Å². The second-order valence-corrected chi connectivity index (χ2v) is 8.70. The fourth-order valence-corrected chi connectivity index (χ4v) is 3.55. The highest BCUT2D eigenvalue weighted by Gasteiger charge is 2.15. The van der Waals surface area contributed by atoms with Crippen LogP contribution < -0.4 is 5.32 Å². The van der Waals surface area contributed by atoms with Crippen molar-refractivity contribution in [3.63, 3.8) is 0 Å². The number of amides is 1. The van der Waals surface area contributed by atoms with Crippen LogP contribution in [0.4, 0.5) is 5.69 Å². The van der Waals surface area contributed by atoms with Crippen LogP contribution >= 0.6 is 15.9 Å². The number of hydrogen-bond donors (Lipinski definition) is 1. The maximum absolute atomic E-state index is 12.3. The molecule has 0 radical (unpaired) electrons. The van der Waals surface area contributed by atoms with Crippen molar-refractivity contribution in [3.8, 4) is 0 Å². The highest BCUT2D eigenvalue weighted by molar-refractivity contribution is 9.10. The van der Waals surface area contributed by atoms with Crippen molar-refractivity contribution in [1.29, 1.82) is 0 Å². The Hall–Kier alpha value is -2.39. The van der Waals surface area contributed by atoms with Crippen LogP contribution in [-0.4, -0.2) is 29.9 Å². The summed E-state index contributed by atoms with van der Waals surface area (Å²) >= 11 is 3.31. The molecule has 3 aromatic rings. The number of halogens is 1. The minimum absolute atomic E-state index is 0.00448. The molecular formula is C17H16BrN3O4S. The van der Waals surface area contributed by atoms with Gasteiger partial charge in [0.25, 0.3) is 5.91 Å². The van der Waals surface area contributed by atoms with E-state index in [4.69, 9.17) is 4.42 Å². The summed E-state index contributed by atoms with van der Waals surface area (Å²) in [6, 6.07) is 9.40. The first-order valence-electron chi connectivity index (χ1n) is 7.78. The Balaban J connectivity index is 1.72. The van der Waals surface area contributed by atoms with E-state index in [9.17, 15) is 13.2 Å².